The van der Waals surface area contributed by atoms with Crippen molar-refractivity contribution in [3.63, 3.8) is 0 Å². The Morgan fingerprint density at radius 2 is 1.85 bits per heavy atom. The van der Waals surface area contributed by atoms with Gasteiger partial charge >= 0.3 is 0 Å². The molecule has 27 heavy (non-hydrogen) atoms. The number of nitrogens with one attached hydrogen (secondary N) is 2. The second kappa shape index (κ2) is 8.29. The Morgan fingerprint density at radius 1 is 1.15 bits per heavy atom. The summed E-state index contributed by atoms with van der Waals surface area (Å²) in [6, 6.07) is 11.5. The first-order chi connectivity index (χ1) is 12.5. The third kappa shape index (κ3) is 5.95. The van der Waals surface area contributed by atoms with Crippen LogP contribution in [0.1, 0.15) is 36.7 Å². The summed E-state index contributed by atoms with van der Waals surface area (Å²) in [4.78, 5) is 12.3. The van der Waals surface area contributed by atoms with Gasteiger partial charge in [-0.1, -0.05) is 23.7 Å². The maximum atomic E-state index is 12.6. The molecule has 0 spiro atoms. The molecule has 0 unspecified atom stereocenters. The Morgan fingerprint density at radius 3 is 2.48 bits per heavy atom. The minimum absolute atomic E-state index is 0.0519. The van der Waals surface area contributed by atoms with E-state index in [1.165, 1.54) is 18.2 Å². The van der Waals surface area contributed by atoms with Gasteiger partial charge in [0, 0.05) is 17.6 Å². The molecule has 0 fully saturated rings. The molecule has 0 aliphatic carbocycles. The Hall–Kier alpha value is -2.09. The van der Waals surface area contributed by atoms with E-state index in [0.717, 1.165) is 5.56 Å². The summed E-state index contributed by atoms with van der Waals surface area (Å²) in [5, 5.41) is 2.81. The van der Waals surface area contributed by atoms with Gasteiger partial charge in [0.1, 0.15) is 10.6 Å². The van der Waals surface area contributed by atoms with E-state index >= 15 is 0 Å². The highest BCUT2D eigenvalue weighted by molar-refractivity contribution is 7.89. The largest absolute Gasteiger partial charge is 0.497 e. The minimum Gasteiger partial charge on any atom is -0.497 e. The van der Waals surface area contributed by atoms with Gasteiger partial charge in [0.2, 0.25) is 10.0 Å². The van der Waals surface area contributed by atoms with Crippen LogP contribution in [0, 0.1) is 0 Å². The van der Waals surface area contributed by atoms with Crippen molar-refractivity contribution in [2.75, 3.05) is 7.11 Å². The Bertz CT molecular complexity index is 937. The number of ether oxygens (including phenoxy) is 1. The lowest BCUT2D eigenvalue weighted by atomic mass is 10.1. The lowest BCUT2D eigenvalue weighted by molar-refractivity contribution is 0.0950. The molecule has 2 aromatic rings. The van der Waals surface area contributed by atoms with Crippen LogP contribution in [0.25, 0.3) is 0 Å². The molecule has 2 rings (SSSR count). The summed E-state index contributed by atoms with van der Waals surface area (Å²) in [5.41, 5.74) is 0.391. The van der Waals surface area contributed by atoms with Gasteiger partial charge in [-0.3, -0.25) is 4.79 Å². The zero-order chi connectivity index (χ0) is 20.2. The van der Waals surface area contributed by atoms with E-state index in [0.29, 0.717) is 5.75 Å². The van der Waals surface area contributed by atoms with Gasteiger partial charge in [0.05, 0.1) is 12.1 Å². The van der Waals surface area contributed by atoms with E-state index in [9.17, 15) is 13.2 Å². The number of halogens is 1. The summed E-state index contributed by atoms with van der Waals surface area (Å²) < 4.78 is 32.8. The predicted octanol–water partition coefficient (Wildman–Crippen LogP) is 3.36. The molecule has 0 aliphatic heterocycles. The Kier molecular flexibility index (Phi) is 6.51. The van der Waals surface area contributed by atoms with E-state index < -0.39 is 21.5 Å². The number of hydrogen-bond acceptors (Lipinski definition) is 4. The van der Waals surface area contributed by atoms with Crippen LogP contribution in [-0.2, 0) is 16.6 Å². The van der Waals surface area contributed by atoms with Crippen LogP contribution < -0.4 is 14.8 Å². The van der Waals surface area contributed by atoms with Crippen LogP contribution in [0.5, 0.6) is 5.75 Å². The molecule has 0 saturated heterocycles. The SMILES string of the molecule is COc1cccc(CNC(=O)c2ccc(Cl)c(S(=O)(=O)NC(C)(C)C)c2)c1. The van der Waals surface area contributed by atoms with Crippen LogP contribution in [0.4, 0.5) is 0 Å². The van der Waals surface area contributed by atoms with Crippen molar-refractivity contribution in [3.05, 3.63) is 58.6 Å². The number of methoxy groups -OCH3 is 1. The monoisotopic (exact) mass is 410 g/mol. The fourth-order valence-corrected chi connectivity index (χ4v) is 4.32. The molecule has 1 amide bonds. The number of sulfonamides is 1. The second-order valence-corrected chi connectivity index (χ2v) is 9.09. The number of carbonyl (C=O) groups excluding carboxylic acids is 1. The Labute approximate surface area is 164 Å². The zero-order valence-electron chi connectivity index (χ0n) is 15.7. The van der Waals surface area contributed by atoms with Gasteiger partial charge in [0.25, 0.3) is 5.91 Å². The molecule has 0 aliphatic rings. The van der Waals surface area contributed by atoms with Gasteiger partial charge in [-0.05, 0) is 56.7 Å². The van der Waals surface area contributed by atoms with Crippen LogP contribution in [-0.4, -0.2) is 27.0 Å². The summed E-state index contributed by atoms with van der Waals surface area (Å²) in [6.07, 6.45) is 0. The normalized spacial score (nSPS) is 11.9. The maximum absolute atomic E-state index is 12.6. The molecule has 0 heterocycles. The number of benzene rings is 2. The number of amides is 1. The van der Waals surface area contributed by atoms with Gasteiger partial charge in [-0.25, -0.2) is 13.1 Å². The lowest BCUT2D eigenvalue weighted by Gasteiger charge is -2.21. The number of rotatable bonds is 6. The van der Waals surface area contributed by atoms with Gasteiger partial charge in [-0.2, -0.15) is 0 Å². The van der Waals surface area contributed by atoms with Gasteiger partial charge < -0.3 is 10.1 Å². The van der Waals surface area contributed by atoms with E-state index in [-0.39, 0.29) is 22.0 Å². The standard InChI is InChI=1S/C19H23ClN2O4S/c1-19(2,3)22-27(24,25)17-11-14(8-9-16(17)20)18(23)21-12-13-6-5-7-15(10-13)26-4/h5-11,22H,12H2,1-4H3,(H,21,23). The fourth-order valence-electron chi connectivity index (χ4n) is 2.38. The molecule has 8 heteroatoms. The first kappa shape index (κ1) is 21.2. The molecule has 2 N–H and O–H groups in total. The van der Waals surface area contributed by atoms with Crippen LogP contribution in [0.15, 0.2) is 47.4 Å². The van der Waals surface area contributed by atoms with Crippen LogP contribution in [0.3, 0.4) is 0 Å². The first-order valence-electron chi connectivity index (χ1n) is 8.26. The molecule has 146 valence electrons. The predicted molar refractivity (Wildman–Crippen MR) is 106 cm³/mol. The molecular formula is C19H23ClN2O4S. The molecule has 0 atom stereocenters. The van der Waals surface area contributed by atoms with Crippen molar-refractivity contribution in [1.29, 1.82) is 0 Å². The highest BCUT2D eigenvalue weighted by Gasteiger charge is 2.25. The molecule has 0 saturated carbocycles. The van der Waals surface area contributed by atoms with Crippen molar-refractivity contribution in [2.24, 2.45) is 0 Å². The third-order valence-corrected chi connectivity index (χ3v) is 5.75. The van der Waals surface area contributed by atoms with Crippen molar-refractivity contribution in [3.8, 4) is 5.75 Å². The van der Waals surface area contributed by atoms with Crippen LogP contribution in [0.2, 0.25) is 5.02 Å². The topological polar surface area (TPSA) is 84.5 Å². The molecule has 6 nitrogen and oxygen atoms in total. The van der Waals surface area contributed by atoms with E-state index in [2.05, 4.69) is 10.0 Å². The van der Waals surface area contributed by atoms with E-state index in [1.807, 2.05) is 24.3 Å². The molecule has 0 aromatic heterocycles. The van der Waals surface area contributed by atoms with E-state index in [4.69, 9.17) is 16.3 Å². The summed E-state index contributed by atoms with van der Waals surface area (Å²) in [5.74, 6) is 0.288. The molecule has 0 radical (unpaired) electrons. The zero-order valence-corrected chi connectivity index (χ0v) is 17.2. The maximum Gasteiger partial charge on any atom is 0.251 e. The third-order valence-electron chi connectivity index (χ3n) is 3.51. The van der Waals surface area contributed by atoms with Crippen molar-refractivity contribution >= 4 is 27.5 Å². The summed E-state index contributed by atoms with van der Waals surface area (Å²) in [7, 11) is -2.29. The fraction of sp³-hybridized carbons (Fsp3) is 0.316. The van der Waals surface area contributed by atoms with Crippen molar-refractivity contribution in [1.82, 2.24) is 10.0 Å². The van der Waals surface area contributed by atoms with Crippen molar-refractivity contribution in [2.45, 2.75) is 37.8 Å². The van der Waals surface area contributed by atoms with Gasteiger partial charge in [0.15, 0.2) is 0 Å². The second-order valence-electron chi connectivity index (χ2n) is 7.03. The van der Waals surface area contributed by atoms with Gasteiger partial charge in [-0.15, -0.1) is 0 Å². The highest BCUT2D eigenvalue weighted by atomic mass is 35.5. The average Bonchev–Trinajstić information content (AvgIpc) is 2.58. The quantitative estimate of drug-likeness (QED) is 0.764. The average molecular weight is 411 g/mol. The molecular weight excluding hydrogens is 388 g/mol. The summed E-state index contributed by atoms with van der Waals surface area (Å²) >= 11 is 6.06. The van der Waals surface area contributed by atoms with E-state index in [1.54, 1.807) is 27.9 Å². The molecule has 2 aromatic carbocycles. The molecule has 0 bridgehead atoms. The number of carbonyl (C=O) groups is 1. The Balaban J connectivity index is 2.20. The highest BCUT2D eigenvalue weighted by Crippen LogP contribution is 2.24. The number of hydrogen-bond donors (Lipinski definition) is 2. The van der Waals surface area contributed by atoms with Crippen molar-refractivity contribution < 1.29 is 17.9 Å². The summed E-state index contributed by atoms with van der Waals surface area (Å²) in [6.45, 7) is 5.45. The lowest BCUT2D eigenvalue weighted by Crippen LogP contribution is -2.40. The van der Waals surface area contributed by atoms with Crippen LogP contribution >= 0.6 is 11.6 Å². The smallest absolute Gasteiger partial charge is 0.251 e. The minimum atomic E-state index is -3.86. The first-order valence-corrected chi connectivity index (χ1v) is 10.1.